The van der Waals surface area contributed by atoms with Crippen molar-refractivity contribution in [3.8, 4) is 5.75 Å². The highest BCUT2D eigenvalue weighted by molar-refractivity contribution is 6.02. The first kappa shape index (κ1) is 30.3. The first-order chi connectivity index (χ1) is 18.8. The summed E-state index contributed by atoms with van der Waals surface area (Å²) in [6.45, 7) is 11.3. The fraction of sp³-hybridized carbons (Fsp3) is 0.457. The van der Waals surface area contributed by atoms with Gasteiger partial charge in [0.1, 0.15) is 5.75 Å². The number of nitrogens with one attached hydrogen (secondary N) is 1. The van der Waals surface area contributed by atoms with Crippen LogP contribution in [-0.4, -0.2) is 13.1 Å². The Morgan fingerprint density at radius 2 is 1.41 bits per heavy atom. The van der Waals surface area contributed by atoms with Crippen LogP contribution in [0.15, 0.2) is 66.7 Å². The lowest BCUT2D eigenvalue weighted by molar-refractivity contribution is 0.256. The monoisotopic (exact) mass is 528 g/mol. The molecule has 0 spiro atoms. The molecule has 210 valence electrons. The number of anilines is 2. The molecule has 0 aliphatic heterocycles. The van der Waals surface area contributed by atoms with Crippen molar-refractivity contribution >= 4 is 17.4 Å². The predicted octanol–water partition coefficient (Wildman–Crippen LogP) is 10.1. The van der Waals surface area contributed by atoms with E-state index in [0.29, 0.717) is 18.4 Å². The summed E-state index contributed by atoms with van der Waals surface area (Å²) >= 11 is 0. The van der Waals surface area contributed by atoms with Gasteiger partial charge in [-0.3, -0.25) is 4.90 Å². The maximum Gasteiger partial charge on any atom is 0.326 e. The molecule has 0 radical (unpaired) electrons. The number of carbonyl (C=O) groups is 1. The second-order valence-electron chi connectivity index (χ2n) is 11.1. The number of unbranched alkanes of at least 4 members (excludes halogenated alkanes) is 5. The van der Waals surface area contributed by atoms with E-state index in [4.69, 9.17) is 4.74 Å². The average Bonchev–Trinajstić information content (AvgIpc) is 2.94. The van der Waals surface area contributed by atoms with Crippen LogP contribution >= 0.6 is 0 Å². The highest BCUT2D eigenvalue weighted by Crippen LogP contribution is 2.33. The number of methoxy groups -OCH3 is 1. The predicted molar refractivity (Wildman–Crippen MR) is 166 cm³/mol. The lowest BCUT2D eigenvalue weighted by Gasteiger charge is -2.27. The van der Waals surface area contributed by atoms with Crippen LogP contribution in [0.4, 0.5) is 16.2 Å². The lowest BCUT2D eigenvalue weighted by atomic mass is 9.93. The number of benzene rings is 3. The van der Waals surface area contributed by atoms with Crippen molar-refractivity contribution in [2.75, 3.05) is 17.3 Å². The average molecular weight is 529 g/mol. The van der Waals surface area contributed by atoms with E-state index in [-0.39, 0.29) is 6.03 Å². The second-order valence-corrected chi connectivity index (χ2v) is 11.1. The topological polar surface area (TPSA) is 41.6 Å². The molecular formula is C35H48N2O2. The molecule has 0 bridgehead atoms. The molecule has 0 aliphatic carbocycles. The number of hydrogen-bond donors (Lipinski definition) is 1. The molecule has 0 aromatic heterocycles. The Morgan fingerprint density at radius 1 is 0.795 bits per heavy atom. The Labute approximate surface area is 236 Å². The maximum atomic E-state index is 14.0. The van der Waals surface area contributed by atoms with Gasteiger partial charge >= 0.3 is 6.03 Å². The number of rotatable bonds is 14. The van der Waals surface area contributed by atoms with Crippen molar-refractivity contribution in [1.29, 1.82) is 0 Å². The molecular weight excluding hydrogens is 480 g/mol. The van der Waals surface area contributed by atoms with Crippen molar-refractivity contribution in [3.63, 3.8) is 0 Å². The zero-order valence-electron chi connectivity index (χ0n) is 24.9. The van der Waals surface area contributed by atoms with Gasteiger partial charge in [0, 0.05) is 16.9 Å². The van der Waals surface area contributed by atoms with Crippen LogP contribution in [0.2, 0.25) is 0 Å². The van der Waals surface area contributed by atoms with Crippen LogP contribution in [0.3, 0.4) is 0 Å². The Morgan fingerprint density at radius 3 is 2.03 bits per heavy atom. The summed E-state index contributed by atoms with van der Waals surface area (Å²) in [5.41, 5.74) is 6.39. The first-order valence-electron chi connectivity index (χ1n) is 14.8. The Kier molecular flexibility index (Phi) is 11.9. The standard InChI is InChI=1S/C35H48N2O2/c1-7-8-9-10-11-12-16-28-21-23-30(24-22-28)37(25-29-17-13-14-20-33(29)39-6)35(38)36-34-31(26(2)3)18-15-19-32(34)27(4)5/h13-15,17-24,26-27H,7-12,16,25H2,1-6H3,(H,36,38). The number of hydrogen-bond acceptors (Lipinski definition) is 2. The molecule has 2 amide bonds. The lowest BCUT2D eigenvalue weighted by Crippen LogP contribution is -2.35. The number of aryl methyl sites for hydroxylation is 1. The number of amides is 2. The number of ether oxygens (including phenoxy) is 1. The molecule has 0 aliphatic rings. The Bertz CT molecular complexity index is 1140. The number of carbonyl (C=O) groups excluding carboxylic acids is 1. The molecule has 1 N–H and O–H groups in total. The van der Waals surface area contributed by atoms with E-state index in [1.54, 1.807) is 7.11 Å². The van der Waals surface area contributed by atoms with Crippen LogP contribution in [0.1, 0.15) is 107 Å². The Hall–Kier alpha value is -3.27. The summed E-state index contributed by atoms with van der Waals surface area (Å²) in [6.07, 6.45) is 8.82. The molecule has 39 heavy (non-hydrogen) atoms. The summed E-state index contributed by atoms with van der Waals surface area (Å²) in [6, 6.07) is 22.6. The van der Waals surface area contributed by atoms with E-state index in [0.717, 1.165) is 40.2 Å². The Balaban J connectivity index is 1.87. The minimum absolute atomic E-state index is 0.139. The van der Waals surface area contributed by atoms with E-state index >= 15 is 0 Å². The van der Waals surface area contributed by atoms with Crippen LogP contribution in [0, 0.1) is 0 Å². The van der Waals surface area contributed by atoms with Crippen molar-refractivity contribution in [2.24, 2.45) is 0 Å². The van der Waals surface area contributed by atoms with Crippen LogP contribution in [0.25, 0.3) is 0 Å². The zero-order valence-corrected chi connectivity index (χ0v) is 24.9. The largest absolute Gasteiger partial charge is 0.496 e. The van der Waals surface area contributed by atoms with Crippen molar-refractivity contribution in [1.82, 2.24) is 0 Å². The van der Waals surface area contributed by atoms with Gasteiger partial charge in [0.2, 0.25) is 0 Å². The molecule has 4 heteroatoms. The van der Waals surface area contributed by atoms with Gasteiger partial charge in [-0.2, -0.15) is 0 Å². The molecule has 0 heterocycles. The molecule has 0 atom stereocenters. The number of para-hydroxylation sites is 2. The molecule has 4 nitrogen and oxygen atoms in total. The van der Waals surface area contributed by atoms with Gasteiger partial charge < -0.3 is 10.1 Å². The fourth-order valence-electron chi connectivity index (χ4n) is 5.11. The molecule has 3 rings (SSSR count). The van der Waals surface area contributed by atoms with Crippen molar-refractivity contribution < 1.29 is 9.53 Å². The molecule has 3 aromatic rings. The summed E-state index contributed by atoms with van der Waals surface area (Å²) in [5, 5.41) is 3.32. The van der Waals surface area contributed by atoms with Gasteiger partial charge in [0.25, 0.3) is 0 Å². The summed E-state index contributed by atoms with van der Waals surface area (Å²) in [5.74, 6) is 1.37. The summed E-state index contributed by atoms with van der Waals surface area (Å²) < 4.78 is 5.62. The van der Waals surface area contributed by atoms with Gasteiger partial charge in [-0.05, 0) is 59.6 Å². The van der Waals surface area contributed by atoms with E-state index in [1.165, 1.54) is 44.1 Å². The van der Waals surface area contributed by atoms with Crippen LogP contribution in [0.5, 0.6) is 5.75 Å². The van der Waals surface area contributed by atoms with Gasteiger partial charge in [0.05, 0.1) is 13.7 Å². The quantitative estimate of drug-likeness (QED) is 0.211. The first-order valence-corrected chi connectivity index (χ1v) is 14.8. The van der Waals surface area contributed by atoms with Gasteiger partial charge in [-0.1, -0.05) is 115 Å². The molecule has 0 fully saturated rings. The van der Waals surface area contributed by atoms with Crippen molar-refractivity contribution in [2.45, 2.75) is 97.9 Å². The van der Waals surface area contributed by atoms with E-state index < -0.39 is 0 Å². The normalized spacial score (nSPS) is 11.2. The highest BCUT2D eigenvalue weighted by atomic mass is 16.5. The minimum atomic E-state index is -0.139. The third-order valence-corrected chi connectivity index (χ3v) is 7.44. The molecule has 0 saturated carbocycles. The van der Waals surface area contributed by atoms with Gasteiger partial charge in [-0.25, -0.2) is 4.79 Å². The summed E-state index contributed by atoms with van der Waals surface area (Å²) in [4.78, 5) is 15.8. The van der Waals surface area contributed by atoms with Gasteiger partial charge in [0.15, 0.2) is 0 Å². The van der Waals surface area contributed by atoms with Crippen LogP contribution in [-0.2, 0) is 13.0 Å². The summed E-state index contributed by atoms with van der Waals surface area (Å²) in [7, 11) is 1.67. The number of nitrogens with zero attached hydrogens (tertiary/aromatic N) is 1. The van der Waals surface area contributed by atoms with Crippen molar-refractivity contribution in [3.05, 3.63) is 89.0 Å². The molecule has 3 aromatic carbocycles. The SMILES string of the molecule is CCCCCCCCc1ccc(N(Cc2ccccc2OC)C(=O)Nc2c(C(C)C)cccc2C(C)C)cc1. The zero-order chi connectivity index (χ0) is 28.2. The second kappa shape index (κ2) is 15.4. The van der Waals surface area contributed by atoms with E-state index in [1.807, 2.05) is 29.2 Å². The smallest absolute Gasteiger partial charge is 0.326 e. The minimum Gasteiger partial charge on any atom is -0.496 e. The van der Waals surface area contributed by atoms with E-state index in [9.17, 15) is 4.79 Å². The van der Waals surface area contributed by atoms with Gasteiger partial charge in [-0.15, -0.1) is 0 Å². The third-order valence-electron chi connectivity index (χ3n) is 7.44. The fourth-order valence-corrected chi connectivity index (χ4v) is 5.11. The highest BCUT2D eigenvalue weighted by Gasteiger charge is 2.22. The maximum absolute atomic E-state index is 14.0. The van der Waals surface area contributed by atoms with Crippen LogP contribution < -0.4 is 15.0 Å². The molecule has 0 unspecified atom stereocenters. The third kappa shape index (κ3) is 8.61. The molecule has 0 saturated heterocycles. The van der Waals surface area contributed by atoms with E-state index in [2.05, 4.69) is 82.4 Å². The number of urea groups is 1.